The van der Waals surface area contributed by atoms with Crippen molar-refractivity contribution in [2.45, 2.75) is 57.2 Å². The number of fused-ring (bicyclic) bond motifs is 2. The van der Waals surface area contributed by atoms with Crippen LogP contribution in [0, 0.1) is 11.8 Å². The van der Waals surface area contributed by atoms with Crippen molar-refractivity contribution >= 4 is 23.8 Å². The number of carboxylic acids is 1. The highest BCUT2D eigenvalue weighted by Crippen LogP contribution is 2.46. The summed E-state index contributed by atoms with van der Waals surface area (Å²) >= 11 is 2.03. The van der Waals surface area contributed by atoms with E-state index in [1.54, 1.807) is 0 Å². The Morgan fingerprint density at radius 2 is 1.82 bits per heavy atom. The molecule has 2 saturated heterocycles. The van der Waals surface area contributed by atoms with Crippen molar-refractivity contribution in [3.05, 3.63) is 54.1 Å². The first-order valence-corrected chi connectivity index (χ1v) is 11.7. The van der Waals surface area contributed by atoms with Gasteiger partial charge in [-0.15, -0.1) is 0 Å². The molecule has 28 heavy (non-hydrogen) atoms. The number of carboxylic acid groups (broad SMARTS) is 1. The van der Waals surface area contributed by atoms with E-state index in [9.17, 15) is 4.79 Å². The molecule has 1 aromatic carbocycles. The van der Waals surface area contributed by atoms with Gasteiger partial charge in [0, 0.05) is 12.2 Å². The van der Waals surface area contributed by atoms with Gasteiger partial charge in [0.15, 0.2) is 0 Å². The van der Waals surface area contributed by atoms with E-state index in [0.29, 0.717) is 24.0 Å². The topological polar surface area (TPSA) is 46.5 Å². The molecule has 0 aromatic heterocycles. The molecule has 2 fully saturated rings. The summed E-state index contributed by atoms with van der Waals surface area (Å²) in [6.45, 7) is 0. The van der Waals surface area contributed by atoms with Crippen molar-refractivity contribution in [2.24, 2.45) is 11.8 Å². The largest absolute Gasteiger partial charge is 0.481 e. The standard InChI is InChI=1S/C24H32O3S/c25-24(26)14-8-3-1-2-7-13-20-21(23-16-15-22(20)27-23)18-28-17-9-12-19-10-5-4-6-11-19/h1-2,4-6,9-12,20-23H,3,7-8,13-18H2,(H,25,26)/b2-1-,12-9?/t20-,21+,22-,23+/m0/s1. The Balaban J connectivity index is 1.36. The van der Waals surface area contributed by atoms with Gasteiger partial charge in [-0.2, -0.15) is 11.8 Å². The maximum absolute atomic E-state index is 10.5. The highest BCUT2D eigenvalue weighted by molar-refractivity contribution is 7.99. The van der Waals surface area contributed by atoms with Gasteiger partial charge in [0.1, 0.15) is 0 Å². The highest BCUT2D eigenvalue weighted by atomic mass is 32.2. The van der Waals surface area contributed by atoms with Crippen molar-refractivity contribution in [1.29, 1.82) is 0 Å². The maximum Gasteiger partial charge on any atom is 0.303 e. The average Bonchev–Trinajstić information content (AvgIpc) is 3.29. The number of aliphatic carboxylic acids is 1. The lowest BCUT2D eigenvalue weighted by Crippen LogP contribution is -2.29. The molecule has 0 spiro atoms. The Bertz CT molecular complexity index is 655. The fourth-order valence-corrected chi connectivity index (χ4v) is 5.52. The molecule has 1 N–H and O–H groups in total. The van der Waals surface area contributed by atoms with Gasteiger partial charge in [-0.1, -0.05) is 54.6 Å². The molecule has 0 amide bonds. The van der Waals surface area contributed by atoms with E-state index in [1.807, 2.05) is 17.8 Å². The Morgan fingerprint density at radius 1 is 1.07 bits per heavy atom. The van der Waals surface area contributed by atoms with Crippen LogP contribution in [0.1, 0.15) is 50.5 Å². The first kappa shape index (κ1) is 21.2. The number of hydrogen-bond acceptors (Lipinski definition) is 3. The summed E-state index contributed by atoms with van der Waals surface area (Å²) in [6.07, 6.45) is 16.4. The summed E-state index contributed by atoms with van der Waals surface area (Å²) in [5.74, 6) is 2.92. The van der Waals surface area contributed by atoms with Crippen molar-refractivity contribution in [3.8, 4) is 0 Å². The SMILES string of the molecule is O=C(O)CCC/C=C\CC[C@H]1[C@@H](CSCC=Cc2ccccc2)[C@H]2CC[C@@H]1O2. The van der Waals surface area contributed by atoms with E-state index in [-0.39, 0.29) is 6.42 Å². The van der Waals surface area contributed by atoms with Gasteiger partial charge < -0.3 is 9.84 Å². The lowest BCUT2D eigenvalue weighted by atomic mass is 9.78. The Kier molecular flexibility index (Phi) is 8.69. The van der Waals surface area contributed by atoms with Crippen LogP contribution in [0.5, 0.6) is 0 Å². The number of rotatable bonds is 12. The molecule has 4 atom stereocenters. The monoisotopic (exact) mass is 400 g/mol. The number of hydrogen-bond donors (Lipinski definition) is 1. The summed E-state index contributed by atoms with van der Waals surface area (Å²) in [5, 5.41) is 8.67. The molecule has 2 aliphatic rings. The summed E-state index contributed by atoms with van der Waals surface area (Å²) in [6, 6.07) is 10.5. The van der Waals surface area contributed by atoms with Crippen LogP contribution < -0.4 is 0 Å². The Morgan fingerprint density at radius 3 is 2.61 bits per heavy atom. The molecule has 0 aliphatic carbocycles. The van der Waals surface area contributed by atoms with Crippen LogP contribution in [-0.4, -0.2) is 34.8 Å². The third kappa shape index (κ3) is 6.52. The molecule has 0 radical (unpaired) electrons. The lowest BCUT2D eigenvalue weighted by Gasteiger charge is -2.27. The summed E-state index contributed by atoms with van der Waals surface area (Å²) < 4.78 is 6.23. The van der Waals surface area contributed by atoms with Gasteiger partial charge in [0.25, 0.3) is 0 Å². The van der Waals surface area contributed by atoms with Crippen LogP contribution in [0.25, 0.3) is 6.08 Å². The first-order valence-electron chi connectivity index (χ1n) is 10.6. The normalized spacial score (nSPS) is 26.6. The van der Waals surface area contributed by atoms with Gasteiger partial charge >= 0.3 is 5.97 Å². The van der Waals surface area contributed by atoms with Gasteiger partial charge in [0.05, 0.1) is 12.2 Å². The van der Waals surface area contributed by atoms with Crippen molar-refractivity contribution in [1.82, 2.24) is 0 Å². The third-order valence-electron chi connectivity index (χ3n) is 5.82. The average molecular weight is 401 g/mol. The number of allylic oxidation sites excluding steroid dienone is 2. The quantitative estimate of drug-likeness (QED) is 0.355. The van der Waals surface area contributed by atoms with Crippen LogP contribution in [-0.2, 0) is 9.53 Å². The van der Waals surface area contributed by atoms with Gasteiger partial charge in [0.2, 0.25) is 0 Å². The van der Waals surface area contributed by atoms with E-state index >= 15 is 0 Å². The van der Waals surface area contributed by atoms with E-state index < -0.39 is 5.97 Å². The molecule has 2 aliphatic heterocycles. The first-order chi connectivity index (χ1) is 13.7. The molecule has 3 nitrogen and oxygen atoms in total. The van der Waals surface area contributed by atoms with Gasteiger partial charge in [-0.25, -0.2) is 0 Å². The molecule has 1 aromatic rings. The summed E-state index contributed by atoms with van der Waals surface area (Å²) in [7, 11) is 0. The van der Waals surface area contributed by atoms with E-state index in [4.69, 9.17) is 9.84 Å². The molecular weight excluding hydrogens is 368 g/mol. The predicted molar refractivity (Wildman–Crippen MR) is 118 cm³/mol. The van der Waals surface area contributed by atoms with Gasteiger partial charge in [-0.05, 0) is 61.7 Å². The van der Waals surface area contributed by atoms with Crippen LogP contribution in [0.15, 0.2) is 48.6 Å². The fourth-order valence-electron chi connectivity index (χ4n) is 4.42. The van der Waals surface area contributed by atoms with Crippen LogP contribution >= 0.6 is 11.8 Å². The number of carbonyl (C=O) groups is 1. The molecule has 4 heteroatoms. The van der Waals surface area contributed by atoms with Crippen molar-refractivity contribution in [2.75, 3.05) is 11.5 Å². The smallest absolute Gasteiger partial charge is 0.303 e. The molecule has 3 rings (SSSR count). The number of benzene rings is 1. The second-order valence-electron chi connectivity index (χ2n) is 7.80. The van der Waals surface area contributed by atoms with Crippen molar-refractivity contribution in [3.63, 3.8) is 0 Å². The number of thioether (sulfide) groups is 1. The lowest BCUT2D eigenvalue weighted by molar-refractivity contribution is -0.137. The minimum atomic E-state index is -0.702. The van der Waals surface area contributed by atoms with Crippen LogP contribution in [0.3, 0.4) is 0 Å². The van der Waals surface area contributed by atoms with E-state index in [0.717, 1.165) is 25.0 Å². The number of ether oxygens (including phenoxy) is 1. The van der Waals surface area contributed by atoms with E-state index in [1.165, 1.54) is 30.6 Å². The zero-order valence-electron chi connectivity index (χ0n) is 16.5. The minimum absolute atomic E-state index is 0.266. The highest BCUT2D eigenvalue weighted by Gasteiger charge is 2.47. The maximum atomic E-state index is 10.5. The third-order valence-corrected chi connectivity index (χ3v) is 6.87. The van der Waals surface area contributed by atoms with Crippen LogP contribution in [0.2, 0.25) is 0 Å². The molecule has 152 valence electrons. The molecular formula is C24H32O3S. The fraction of sp³-hybridized carbons (Fsp3) is 0.542. The molecule has 2 heterocycles. The van der Waals surface area contributed by atoms with Crippen molar-refractivity contribution < 1.29 is 14.6 Å². The second kappa shape index (κ2) is 11.5. The molecule has 0 saturated carbocycles. The Hall–Kier alpha value is -1.52. The minimum Gasteiger partial charge on any atom is -0.481 e. The summed E-state index contributed by atoms with van der Waals surface area (Å²) in [5.41, 5.74) is 1.26. The van der Waals surface area contributed by atoms with Gasteiger partial charge in [-0.3, -0.25) is 4.79 Å². The molecule has 0 unspecified atom stereocenters. The zero-order valence-corrected chi connectivity index (χ0v) is 17.4. The second-order valence-corrected chi connectivity index (χ2v) is 8.88. The number of unbranched alkanes of at least 4 members (excludes halogenated alkanes) is 1. The Labute approximate surface area is 173 Å². The zero-order chi connectivity index (χ0) is 19.6. The van der Waals surface area contributed by atoms with Crippen LogP contribution in [0.4, 0.5) is 0 Å². The van der Waals surface area contributed by atoms with E-state index in [2.05, 4.69) is 48.6 Å². The molecule has 2 bridgehead atoms. The summed E-state index contributed by atoms with van der Waals surface area (Å²) in [4.78, 5) is 10.5. The predicted octanol–water partition coefficient (Wildman–Crippen LogP) is 5.82.